The van der Waals surface area contributed by atoms with Gasteiger partial charge in [-0.15, -0.1) is 0 Å². The van der Waals surface area contributed by atoms with Crippen LogP contribution in [0.3, 0.4) is 0 Å². The van der Waals surface area contributed by atoms with Crippen molar-refractivity contribution in [3.8, 4) is 0 Å². The number of likely N-dealkylation sites (tertiary alicyclic amines) is 1. The number of aryl methyl sites for hydroxylation is 2. The van der Waals surface area contributed by atoms with Crippen molar-refractivity contribution in [2.75, 3.05) is 32.8 Å². The van der Waals surface area contributed by atoms with Gasteiger partial charge >= 0.3 is 0 Å². The van der Waals surface area contributed by atoms with Gasteiger partial charge in [0.05, 0.1) is 18.4 Å². The summed E-state index contributed by atoms with van der Waals surface area (Å²) in [6, 6.07) is 6.33. The maximum atomic E-state index is 13.5. The van der Waals surface area contributed by atoms with Crippen LogP contribution < -0.4 is 5.56 Å². The molecule has 0 spiro atoms. The van der Waals surface area contributed by atoms with E-state index in [1.165, 1.54) is 5.56 Å². The average molecular weight is 507 g/mol. The van der Waals surface area contributed by atoms with Crippen LogP contribution in [0.1, 0.15) is 78.9 Å². The lowest BCUT2D eigenvalue weighted by Crippen LogP contribution is -2.38. The van der Waals surface area contributed by atoms with Gasteiger partial charge in [-0.2, -0.15) is 0 Å². The molecule has 2 atom stereocenters. The average Bonchev–Trinajstić information content (AvgIpc) is 3.33. The van der Waals surface area contributed by atoms with Crippen LogP contribution in [0.5, 0.6) is 0 Å². The Hall–Kier alpha value is -2.55. The minimum absolute atomic E-state index is 0.101. The fourth-order valence-corrected chi connectivity index (χ4v) is 6.27. The van der Waals surface area contributed by atoms with Crippen molar-refractivity contribution >= 4 is 11.0 Å². The largest absolute Gasteiger partial charge is 0.379 e. The van der Waals surface area contributed by atoms with E-state index in [9.17, 15) is 4.79 Å². The first-order chi connectivity index (χ1) is 18.1. The van der Waals surface area contributed by atoms with Crippen LogP contribution in [-0.2, 0) is 22.4 Å². The second-order valence-corrected chi connectivity index (χ2v) is 11.0. The zero-order valence-corrected chi connectivity index (χ0v) is 22.1. The van der Waals surface area contributed by atoms with Gasteiger partial charge in [-0.25, -0.2) is 4.98 Å². The highest BCUT2D eigenvalue weighted by molar-refractivity contribution is 5.80. The van der Waals surface area contributed by atoms with E-state index in [4.69, 9.17) is 19.0 Å². The minimum atomic E-state index is -0.114. The highest BCUT2D eigenvalue weighted by atomic mass is 16.5. The first-order valence-electron chi connectivity index (χ1n) is 14.0. The standard InChI is InChI=1S/C29H38N4O4/c1-19-7-8-24-26(17-19)37-31-27(24)21-9-13-32(14-10-21)15-11-23-20(2)30-28-25(6-3-12-33(28)29(23)34)36-22-5-4-16-35-18-22/h7-8,17,21-22,25H,3-6,9-16,18H2,1-2H3. The number of rotatable bonds is 6. The molecule has 3 aliphatic rings. The molecule has 37 heavy (non-hydrogen) atoms. The summed E-state index contributed by atoms with van der Waals surface area (Å²) in [5.41, 5.74) is 4.99. The molecule has 0 N–H and O–H groups in total. The molecule has 3 aromatic rings. The normalized spacial score (nSPS) is 23.4. The Balaban J connectivity index is 1.09. The van der Waals surface area contributed by atoms with Gasteiger partial charge in [-0.3, -0.25) is 9.36 Å². The molecule has 3 aliphatic heterocycles. The number of piperidine rings is 1. The SMILES string of the molecule is Cc1ccc2c(C3CCN(CCc4c(C)nc5n(c4=O)CCCC5OC4CCCOC4)CC3)noc2c1. The lowest BCUT2D eigenvalue weighted by atomic mass is 9.91. The molecule has 0 bridgehead atoms. The van der Waals surface area contributed by atoms with E-state index in [1.54, 1.807) is 0 Å². The van der Waals surface area contributed by atoms with Crippen LogP contribution in [0.25, 0.3) is 11.0 Å². The number of hydrogen-bond acceptors (Lipinski definition) is 7. The Morgan fingerprint density at radius 1 is 1.08 bits per heavy atom. The van der Waals surface area contributed by atoms with E-state index in [0.717, 1.165) is 111 Å². The molecule has 1 aromatic carbocycles. The Morgan fingerprint density at radius 2 is 1.95 bits per heavy atom. The molecule has 2 fully saturated rings. The van der Waals surface area contributed by atoms with Gasteiger partial charge in [0.15, 0.2) is 5.58 Å². The van der Waals surface area contributed by atoms with Gasteiger partial charge in [-0.1, -0.05) is 11.2 Å². The molecule has 2 saturated heterocycles. The molecule has 8 nitrogen and oxygen atoms in total. The van der Waals surface area contributed by atoms with Crippen molar-refractivity contribution in [2.45, 2.75) is 83.5 Å². The highest BCUT2D eigenvalue weighted by Gasteiger charge is 2.30. The van der Waals surface area contributed by atoms with Crippen molar-refractivity contribution in [2.24, 2.45) is 0 Å². The van der Waals surface area contributed by atoms with Crippen LogP contribution >= 0.6 is 0 Å². The van der Waals surface area contributed by atoms with E-state index in [2.05, 4.69) is 35.2 Å². The Labute approximate surface area is 217 Å². The summed E-state index contributed by atoms with van der Waals surface area (Å²) in [6.45, 7) is 9.12. The predicted molar refractivity (Wildman–Crippen MR) is 141 cm³/mol. The van der Waals surface area contributed by atoms with Gasteiger partial charge in [0.25, 0.3) is 5.56 Å². The molecule has 198 valence electrons. The third-order valence-electron chi connectivity index (χ3n) is 8.42. The lowest BCUT2D eigenvalue weighted by molar-refractivity contribution is -0.0950. The summed E-state index contributed by atoms with van der Waals surface area (Å²) >= 11 is 0. The van der Waals surface area contributed by atoms with Gasteiger partial charge in [0.1, 0.15) is 11.9 Å². The molecule has 2 aromatic heterocycles. The van der Waals surface area contributed by atoms with E-state index < -0.39 is 0 Å². The molecular weight excluding hydrogens is 468 g/mol. The maximum absolute atomic E-state index is 13.5. The number of hydrogen-bond donors (Lipinski definition) is 0. The van der Waals surface area contributed by atoms with E-state index in [1.807, 2.05) is 11.5 Å². The minimum Gasteiger partial charge on any atom is -0.379 e. The van der Waals surface area contributed by atoms with Crippen molar-refractivity contribution in [1.29, 1.82) is 0 Å². The molecule has 0 saturated carbocycles. The number of fused-ring (bicyclic) bond motifs is 2. The number of ether oxygens (including phenoxy) is 2. The van der Waals surface area contributed by atoms with Crippen LogP contribution in [0, 0.1) is 13.8 Å². The third kappa shape index (κ3) is 5.11. The van der Waals surface area contributed by atoms with Gasteiger partial charge in [-0.05, 0) is 89.6 Å². The van der Waals surface area contributed by atoms with Crippen molar-refractivity contribution in [1.82, 2.24) is 19.6 Å². The molecular formula is C29H38N4O4. The Morgan fingerprint density at radius 3 is 2.76 bits per heavy atom. The second kappa shape index (κ2) is 10.7. The Bertz CT molecular complexity index is 1300. The topological polar surface area (TPSA) is 82.6 Å². The Kier molecular flexibility index (Phi) is 7.14. The summed E-state index contributed by atoms with van der Waals surface area (Å²) in [7, 11) is 0. The monoisotopic (exact) mass is 506 g/mol. The van der Waals surface area contributed by atoms with Gasteiger partial charge in [0.2, 0.25) is 0 Å². The summed E-state index contributed by atoms with van der Waals surface area (Å²) < 4.78 is 19.5. The maximum Gasteiger partial charge on any atom is 0.257 e. The third-order valence-corrected chi connectivity index (χ3v) is 8.42. The molecule has 6 rings (SSSR count). The first kappa shape index (κ1) is 24.8. The molecule has 0 amide bonds. The van der Waals surface area contributed by atoms with E-state index >= 15 is 0 Å². The van der Waals surface area contributed by atoms with Gasteiger partial charge < -0.3 is 18.9 Å². The molecule has 0 radical (unpaired) electrons. The fraction of sp³-hybridized carbons (Fsp3) is 0.621. The highest BCUT2D eigenvalue weighted by Crippen LogP contribution is 2.33. The first-order valence-corrected chi connectivity index (χ1v) is 14.0. The molecule has 8 heteroatoms. The number of benzene rings is 1. The number of aromatic nitrogens is 3. The molecule has 5 heterocycles. The van der Waals surface area contributed by atoms with E-state index in [0.29, 0.717) is 12.5 Å². The predicted octanol–water partition coefficient (Wildman–Crippen LogP) is 4.45. The zero-order chi connectivity index (χ0) is 25.4. The van der Waals surface area contributed by atoms with Crippen LogP contribution in [-0.4, -0.2) is 58.6 Å². The molecule has 0 aliphatic carbocycles. The lowest BCUT2D eigenvalue weighted by Gasteiger charge is -2.32. The van der Waals surface area contributed by atoms with Gasteiger partial charge in [0, 0.05) is 42.3 Å². The van der Waals surface area contributed by atoms with E-state index in [-0.39, 0.29) is 17.8 Å². The van der Waals surface area contributed by atoms with Crippen molar-refractivity contribution in [3.05, 3.63) is 56.9 Å². The summed E-state index contributed by atoms with van der Waals surface area (Å²) in [6.07, 6.45) is 6.73. The van der Waals surface area contributed by atoms with Crippen LogP contribution in [0.15, 0.2) is 27.5 Å². The zero-order valence-electron chi connectivity index (χ0n) is 22.1. The fourth-order valence-electron chi connectivity index (χ4n) is 6.27. The number of nitrogens with zero attached hydrogens (tertiary/aromatic N) is 4. The second-order valence-electron chi connectivity index (χ2n) is 11.0. The summed E-state index contributed by atoms with van der Waals surface area (Å²) in [5, 5.41) is 5.57. The summed E-state index contributed by atoms with van der Waals surface area (Å²) in [4.78, 5) is 20.9. The van der Waals surface area contributed by atoms with Crippen LogP contribution in [0.4, 0.5) is 0 Å². The quantitative estimate of drug-likeness (QED) is 0.488. The van der Waals surface area contributed by atoms with Crippen molar-refractivity contribution < 1.29 is 14.0 Å². The smallest absolute Gasteiger partial charge is 0.257 e. The van der Waals surface area contributed by atoms with Crippen LogP contribution in [0.2, 0.25) is 0 Å². The summed E-state index contributed by atoms with van der Waals surface area (Å²) in [5.74, 6) is 1.23. The van der Waals surface area contributed by atoms with Crippen molar-refractivity contribution in [3.63, 3.8) is 0 Å². The molecule has 2 unspecified atom stereocenters.